The Kier molecular flexibility index (Phi) is 6.03. The monoisotopic (exact) mass is 381 g/mol. The molecule has 150 valence electrons. The second kappa shape index (κ2) is 8.84. The van der Waals surface area contributed by atoms with Crippen LogP contribution in [0.15, 0.2) is 48.5 Å². The van der Waals surface area contributed by atoms with E-state index in [2.05, 4.69) is 32.9 Å². The van der Waals surface area contributed by atoms with Crippen molar-refractivity contribution in [2.75, 3.05) is 51.3 Å². The van der Waals surface area contributed by atoms with Gasteiger partial charge in [-0.3, -0.25) is 9.80 Å². The molecule has 4 rings (SSSR count). The van der Waals surface area contributed by atoms with Crippen molar-refractivity contribution in [3.05, 3.63) is 54.1 Å². The van der Waals surface area contributed by atoms with Gasteiger partial charge in [-0.15, -0.1) is 0 Å². The van der Waals surface area contributed by atoms with Crippen molar-refractivity contribution in [1.82, 2.24) is 9.80 Å². The molecule has 28 heavy (non-hydrogen) atoms. The highest BCUT2D eigenvalue weighted by molar-refractivity contribution is 5.58. The van der Waals surface area contributed by atoms with Crippen molar-refractivity contribution < 1.29 is 9.84 Å². The predicted octanol–water partition coefficient (Wildman–Crippen LogP) is 3.19. The second-order valence-electron chi connectivity index (χ2n) is 7.90. The van der Waals surface area contributed by atoms with Gasteiger partial charge in [0.1, 0.15) is 11.5 Å². The van der Waals surface area contributed by atoms with E-state index in [4.69, 9.17) is 4.74 Å². The molecule has 0 spiro atoms. The maximum Gasteiger partial charge on any atom is 0.142 e. The average molecular weight is 382 g/mol. The predicted molar refractivity (Wildman–Crippen MR) is 113 cm³/mol. The zero-order valence-corrected chi connectivity index (χ0v) is 16.8. The van der Waals surface area contributed by atoms with Crippen LogP contribution in [-0.4, -0.2) is 67.3 Å². The molecule has 0 aromatic heterocycles. The van der Waals surface area contributed by atoms with Gasteiger partial charge in [-0.25, -0.2) is 0 Å². The third-order valence-electron chi connectivity index (χ3n) is 6.05. The minimum Gasteiger partial charge on any atom is -0.508 e. The fourth-order valence-corrected chi connectivity index (χ4v) is 4.60. The van der Waals surface area contributed by atoms with Gasteiger partial charge in [-0.2, -0.15) is 0 Å². The maximum absolute atomic E-state index is 9.71. The summed E-state index contributed by atoms with van der Waals surface area (Å²) in [6, 6.07) is 16.6. The summed E-state index contributed by atoms with van der Waals surface area (Å²) >= 11 is 0. The lowest BCUT2D eigenvalue weighted by atomic mass is 10.0. The topological polar surface area (TPSA) is 39.2 Å². The summed E-state index contributed by atoms with van der Waals surface area (Å²) in [5, 5.41) is 9.71. The molecular weight excluding hydrogens is 350 g/mol. The van der Waals surface area contributed by atoms with Gasteiger partial charge in [0.25, 0.3) is 0 Å². The Morgan fingerprint density at radius 3 is 2.61 bits per heavy atom. The number of anilines is 1. The normalized spacial score (nSPS) is 21.6. The Morgan fingerprint density at radius 2 is 1.82 bits per heavy atom. The molecule has 1 N–H and O–H groups in total. The number of para-hydroxylation sites is 2. The molecule has 0 bridgehead atoms. The summed E-state index contributed by atoms with van der Waals surface area (Å²) in [6.07, 6.45) is 2.53. The first-order chi connectivity index (χ1) is 13.7. The van der Waals surface area contributed by atoms with E-state index >= 15 is 0 Å². The molecule has 2 saturated heterocycles. The Hall–Kier alpha value is -2.24. The van der Waals surface area contributed by atoms with E-state index in [1.807, 2.05) is 24.3 Å². The van der Waals surface area contributed by atoms with Gasteiger partial charge in [0.15, 0.2) is 0 Å². The van der Waals surface area contributed by atoms with E-state index in [1.54, 1.807) is 13.2 Å². The minimum atomic E-state index is 0.360. The first-order valence-electron chi connectivity index (χ1n) is 10.4. The number of phenolic OH excluding ortho intramolecular Hbond substituents is 1. The molecule has 1 unspecified atom stereocenters. The van der Waals surface area contributed by atoms with Gasteiger partial charge < -0.3 is 14.7 Å². The van der Waals surface area contributed by atoms with Crippen LogP contribution < -0.4 is 9.64 Å². The molecule has 2 aromatic rings. The highest BCUT2D eigenvalue weighted by atomic mass is 16.5. The molecule has 0 saturated carbocycles. The van der Waals surface area contributed by atoms with E-state index in [0.29, 0.717) is 11.8 Å². The minimum absolute atomic E-state index is 0.360. The van der Waals surface area contributed by atoms with Crippen molar-refractivity contribution in [3.63, 3.8) is 0 Å². The smallest absolute Gasteiger partial charge is 0.142 e. The first-order valence-corrected chi connectivity index (χ1v) is 10.4. The van der Waals surface area contributed by atoms with E-state index in [-0.39, 0.29) is 0 Å². The summed E-state index contributed by atoms with van der Waals surface area (Å²) in [5.41, 5.74) is 2.40. The Balaban J connectivity index is 1.33. The molecule has 0 radical (unpaired) electrons. The molecular formula is C23H31N3O2. The Morgan fingerprint density at radius 1 is 1.00 bits per heavy atom. The number of hydrogen-bond acceptors (Lipinski definition) is 5. The number of phenols is 1. The number of hydrogen-bond donors (Lipinski definition) is 1. The molecule has 2 fully saturated rings. The average Bonchev–Trinajstić information content (AvgIpc) is 2.74. The molecule has 2 heterocycles. The summed E-state index contributed by atoms with van der Waals surface area (Å²) in [6.45, 7) is 7.47. The molecule has 0 aliphatic carbocycles. The number of aromatic hydroxyl groups is 1. The highest BCUT2D eigenvalue weighted by Gasteiger charge is 2.28. The lowest BCUT2D eigenvalue weighted by Crippen LogP contribution is -2.55. The Labute approximate surface area is 168 Å². The van der Waals surface area contributed by atoms with Gasteiger partial charge >= 0.3 is 0 Å². The van der Waals surface area contributed by atoms with E-state index < -0.39 is 0 Å². The van der Waals surface area contributed by atoms with E-state index in [1.165, 1.54) is 24.1 Å². The molecule has 2 aromatic carbocycles. The lowest BCUT2D eigenvalue weighted by molar-refractivity contribution is 0.0887. The number of benzene rings is 2. The highest BCUT2D eigenvalue weighted by Crippen LogP contribution is 2.29. The molecule has 5 heteroatoms. The summed E-state index contributed by atoms with van der Waals surface area (Å²) in [4.78, 5) is 7.65. The van der Waals surface area contributed by atoms with E-state index in [9.17, 15) is 5.11 Å². The molecule has 1 atom stereocenters. The number of methoxy groups -OCH3 is 1. The van der Waals surface area contributed by atoms with Crippen molar-refractivity contribution in [2.45, 2.75) is 25.4 Å². The van der Waals surface area contributed by atoms with Crippen LogP contribution in [0.25, 0.3) is 0 Å². The van der Waals surface area contributed by atoms with E-state index in [0.717, 1.165) is 51.6 Å². The third-order valence-corrected chi connectivity index (χ3v) is 6.05. The van der Waals surface area contributed by atoms with Gasteiger partial charge in [-0.1, -0.05) is 24.3 Å². The summed E-state index contributed by atoms with van der Waals surface area (Å²) in [7, 11) is 1.75. The van der Waals surface area contributed by atoms with Crippen LogP contribution in [0.5, 0.6) is 11.5 Å². The first kappa shape index (κ1) is 19.1. The molecule has 0 amide bonds. The standard InChI is InChI=1S/C23H31N3O2/c1-28-23-10-3-2-9-22(23)26-14-12-25(13-15-26)20-7-5-11-24(18-20)17-19-6-4-8-21(27)16-19/h2-4,6,8-10,16,20,27H,5,7,11-15,17-18H2,1H3. The molecule has 5 nitrogen and oxygen atoms in total. The maximum atomic E-state index is 9.71. The van der Waals surface area contributed by atoms with Gasteiger partial charge in [0.05, 0.1) is 12.8 Å². The van der Waals surface area contributed by atoms with Gasteiger partial charge in [-0.05, 0) is 49.2 Å². The number of likely N-dealkylation sites (tertiary alicyclic amines) is 1. The van der Waals surface area contributed by atoms with Crippen LogP contribution in [0.2, 0.25) is 0 Å². The van der Waals surface area contributed by atoms with Crippen molar-refractivity contribution >= 4 is 5.69 Å². The van der Waals surface area contributed by atoms with Gasteiger partial charge in [0, 0.05) is 45.3 Å². The second-order valence-corrected chi connectivity index (χ2v) is 7.90. The van der Waals surface area contributed by atoms with Crippen LogP contribution in [0.4, 0.5) is 5.69 Å². The lowest BCUT2D eigenvalue weighted by Gasteiger charge is -2.44. The summed E-state index contributed by atoms with van der Waals surface area (Å²) in [5.74, 6) is 1.32. The quantitative estimate of drug-likeness (QED) is 0.861. The largest absolute Gasteiger partial charge is 0.508 e. The SMILES string of the molecule is COc1ccccc1N1CCN(C2CCCN(Cc3cccc(O)c3)C2)CC1. The Bertz CT molecular complexity index is 774. The zero-order valence-electron chi connectivity index (χ0n) is 16.8. The number of piperidine rings is 1. The summed E-state index contributed by atoms with van der Waals surface area (Å²) < 4.78 is 5.54. The fourth-order valence-electron chi connectivity index (χ4n) is 4.60. The number of rotatable bonds is 5. The molecule has 2 aliphatic rings. The number of nitrogens with zero attached hydrogens (tertiary/aromatic N) is 3. The van der Waals surface area contributed by atoms with Crippen molar-refractivity contribution in [2.24, 2.45) is 0 Å². The van der Waals surface area contributed by atoms with Crippen LogP contribution >= 0.6 is 0 Å². The van der Waals surface area contributed by atoms with Crippen molar-refractivity contribution in [3.8, 4) is 11.5 Å². The molecule has 2 aliphatic heterocycles. The van der Waals surface area contributed by atoms with Crippen LogP contribution in [0, 0.1) is 0 Å². The number of ether oxygens (including phenoxy) is 1. The zero-order chi connectivity index (χ0) is 19.3. The van der Waals surface area contributed by atoms with Crippen LogP contribution in [-0.2, 0) is 6.54 Å². The van der Waals surface area contributed by atoms with Crippen molar-refractivity contribution in [1.29, 1.82) is 0 Å². The fraction of sp³-hybridized carbons (Fsp3) is 0.478. The third kappa shape index (κ3) is 4.42. The number of piperazine rings is 1. The van der Waals surface area contributed by atoms with Gasteiger partial charge in [0.2, 0.25) is 0 Å². The van der Waals surface area contributed by atoms with Crippen LogP contribution in [0.1, 0.15) is 18.4 Å². The van der Waals surface area contributed by atoms with Crippen LogP contribution in [0.3, 0.4) is 0 Å².